The Bertz CT molecular complexity index is 1090. The monoisotopic (exact) mass is 569 g/mol. The third kappa shape index (κ3) is 5.53. The molecule has 0 heterocycles. The van der Waals surface area contributed by atoms with Crippen LogP contribution < -0.4 is 5.32 Å². The van der Waals surface area contributed by atoms with E-state index in [1.165, 1.54) is 37.8 Å². The van der Waals surface area contributed by atoms with Crippen LogP contribution in [0.25, 0.3) is 0 Å². The maximum atomic E-state index is 12.3. The normalized spacial score (nSPS) is 40.5. The minimum atomic E-state index is -0.971. The number of aromatic carboxylic acids is 1. The van der Waals surface area contributed by atoms with Gasteiger partial charge in [-0.25, -0.2) is 9.59 Å². The predicted octanol–water partition coefficient (Wildman–Crippen LogP) is 6.26. The number of amides is 1. The van der Waals surface area contributed by atoms with Gasteiger partial charge in [0.25, 0.3) is 0 Å². The molecule has 1 aromatic carbocycles. The van der Waals surface area contributed by atoms with Gasteiger partial charge in [0.1, 0.15) is 0 Å². The van der Waals surface area contributed by atoms with Crippen LogP contribution >= 0.6 is 0 Å². The summed E-state index contributed by atoms with van der Waals surface area (Å²) in [7, 11) is 0. The molecule has 228 valence electrons. The first kappa shape index (κ1) is 30.3. The number of carbonyl (C=O) groups is 2. The number of aliphatic hydroxyl groups excluding tert-OH is 2. The number of aliphatic hydroxyl groups is 2. The number of hydrogen-bond acceptors (Lipinski definition) is 5. The Morgan fingerprint density at radius 2 is 1.68 bits per heavy atom. The summed E-state index contributed by atoms with van der Waals surface area (Å²) in [5, 5.41) is 34.2. The number of hydrogen-bond donors (Lipinski definition) is 4. The lowest BCUT2D eigenvalue weighted by molar-refractivity contribution is -0.203. The molecule has 7 heteroatoms. The SMILES string of the molecule is CC[C@H]1[C@@H](O)[C@@H]2[C@H](CC[C@]3(C)[C@@H]([C@H](C)CCOC(=O)NCc4ccc(C(=O)O)cc4)CC[C@@H]23)[C@@]2(C)CC[C@@H](O)C[C@@H]12. The Labute approximate surface area is 245 Å². The first-order valence-corrected chi connectivity index (χ1v) is 16.1. The number of fused-ring (bicyclic) bond motifs is 5. The Morgan fingerprint density at radius 1 is 1.00 bits per heavy atom. The van der Waals surface area contributed by atoms with E-state index in [-0.39, 0.29) is 34.5 Å². The Kier molecular flexibility index (Phi) is 8.78. The second-order valence-corrected chi connectivity index (χ2v) is 14.4. The number of carbonyl (C=O) groups excluding carboxylic acids is 1. The summed E-state index contributed by atoms with van der Waals surface area (Å²) < 4.78 is 5.53. The van der Waals surface area contributed by atoms with E-state index in [0.29, 0.717) is 48.7 Å². The molecule has 4 aliphatic rings. The zero-order valence-corrected chi connectivity index (χ0v) is 25.4. The van der Waals surface area contributed by atoms with Crippen LogP contribution in [-0.2, 0) is 11.3 Å². The maximum absolute atomic E-state index is 12.3. The van der Waals surface area contributed by atoms with Crippen molar-refractivity contribution in [1.29, 1.82) is 0 Å². The largest absolute Gasteiger partial charge is 0.478 e. The number of nitrogens with one attached hydrogen (secondary N) is 1. The van der Waals surface area contributed by atoms with E-state index in [9.17, 15) is 19.8 Å². The van der Waals surface area contributed by atoms with Crippen LogP contribution in [0.3, 0.4) is 0 Å². The molecule has 5 rings (SSSR count). The summed E-state index contributed by atoms with van der Waals surface area (Å²) in [6, 6.07) is 6.45. The van der Waals surface area contributed by atoms with Crippen LogP contribution in [0.5, 0.6) is 0 Å². The van der Waals surface area contributed by atoms with Crippen molar-refractivity contribution >= 4 is 12.1 Å². The van der Waals surface area contributed by atoms with Gasteiger partial charge in [0.2, 0.25) is 0 Å². The van der Waals surface area contributed by atoms with Crippen LogP contribution in [0.2, 0.25) is 0 Å². The maximum Gasteiger partial charge on any atom is 0.407 e. The molecule has 4 saturated carbocycles. The fraction of sp³-hybridized carbons (Fsp3) is 0.765. The summed E-state index contributed by atoms with van der Waals surface area (Å²) in [6.07, 6.45) is 8.40. The van der Waals surface area contributed by atoms with Gasteiger partial charge in [0, 0.05) is 6.54 Å². The van der Waals surface area contributed by atoms with E-state index in [2.05, 4.69) is 33.0 Å². The lowest BCUT2D eigenvalue weighted by Gasteiger charge is -2.64. The smallest absolute Gasteiger partial charge is 0.407 e. The Hall–Kier alpha value is -2.12. The second kappa shape index (κ2) is 11.9. The van der Waals surface area contributed by atoms with Crippen molar-refractivity contribution in [3.05, 3.63) is 35.4 Å². The molecule has 0 aliphatic heterocycles. The number of rotatable bonds is 8. The van der Waals surface area contributed by atoms with Gasteiger partial charge in [0.15, 0.2) is 0 Å². The molecule has 7 nitrogen and oxygen atoms in total. The molecule has 11 atom stereocenters. The second-order valence-electron chi connectivity index (χ2n) is 14.4. The van der Waals surface area contributed by atoms with Gasteiger partial charge in [0.05, 0.1) is 24.4 Å². The van der Waals surface area contributed by atoms with Crippen LogP contribution in [0.1, 0.15) is 101 Å². The van der Waals surface area contributed by atoms with Crippen molar-refractivity contribution in [2.45, 2.75) is 104 Å². The topological polar surface area (TPSA) is 116 Å². The van der Waals surface area contributed by atoms with E-state index in [1.54, 1.807) is 12.1 Å². The molecule has 4 aliphatic carbocycles. The van der Waals surface area contributed by atoms with E-state index >= 15 is 0 Å². The van der Waals surface area contributed by atoms with Crippen LogP contribution in [0.4, 0.5) is 4.79 Å². The van der Waals surface area contributed by atoms with Crippen molar-refractivity contribution in [3.63, 3.8) is 0 Å². The molecule has 1 amide bonds. The van der Waals surface area contributed by atoms with E-state index in [4.69, 9.17) is 9.84 Å². The summed E-state index contributed by atoms with van der Waals surface area (Å²) >= 11 is 0. The van der Waals surface area contributed by atoms with Crippen LogP contribution in [0.15, 0.2) is 24.3 Å². The molecular formula is C34H51NO6. The van der Waals surface area contributed by atoms with Gasteiger partial charge in [-0.2, -0.15) is 0 Å². The van der Waals surface area contributed by atoms with Gasteiger partial charge in [-0.05, 0) is 121 Å². The average molecular weight is 570 g/mol. The molecule has 0 aromatic heterocycles. The first-order valence-electron chi connectivity index (χ1n) is 16.1. The van der Waals surface area contributed by atoms with Crippen LogP contribution in [0, 0.1) is 52.3 Å². The van der Waals surface area contributed by atoms with Gasteiger partial charge >= 0.3 is 12.1 Å². The molecule has 0 bridgehead atoms. The number of ether oxygens (including phenoxy) is 1. The minimum absolute atomic E-state index is 0.196. The van der Waals surface area contributed by atoms with E-state index in [1.807, 2.05) is 0 Å². The van der Waals surface area contributed by atoms with Crippen LogP contribution in [-0.4, -0.2) is 46.2 Å². The van der Waals surface area contributed by atoms with Crippen molar-refractivity contribution < 1.29 is 29.6 Å². The fourth-order valence-electron chi connectivity index (χ4n) is 10.5. The van der Waals surface area contributed by atoms with Crippen molar-refractivity contribution in [2.75, 3.05) is 6.61 Å². The molecular weight excluding hydrogens is 518 g/mol. The lowest BCUT2D eigenvalue weighted by Crippen LogP contribution is -2.62. The summed E-state index contributed by atoms with van der Waals surface area (Å²) in [5.74, 6) is 2.11. The number of carboxylic acid groups (broad SMARTS) is 1. The molecule has 1 aromatic rings. The van der Waals surface area contributed by atoms with Gasteiger partial charge < -0.3 is 25.4 Å². The highest BCUT2D eigenvalue weighted by Crippen LogP contribution is 2.69. The summed E-state index contributed by atoms with van der Waals surface area (Å²) in [5.41, 5.74) is 1.45. The Morgan fingerprint density at radius 3 is 2.37 bits per heavy atom. The molecule has 0 saturated heterocycles. The standard InChI is InChI=1S/C34H51NO6/c1-5-24-28-18-23(36)12-15-34(28,4)27-13-16-33(3)25(10-11-26(33)29(27)30(24)37)20(2)14-17-41-32(40)35-19-21-6-8-22(9-7-21)31(38)39/h6-9,20,23-30,36-37H,5,10-19H2,1-4H3,(H,35,40)(H,38,39)/t20-,23-,24-,25-,26+,27+,28+,29+,30-,33-,34-/m1/s1. The minimum Gasteiger partial charge on any atom is -0.478 e. The number of carboxylic acids is 1. The molecule has 41 heavy (non-hydrogen) atoms. The van der Waals surface area contributed by atoms with E-state index < -0.39 is 12.1 Å². The number of alkyl carbamates (subject to hydrolysis) is 1. The third-order valence-corrected chi connectivity index (χ3v) is 12.6. The zero-order chi connectivity index (χ0) is 29.5. The van der Waals surface area contributed by atoms with Crippen molar-refractivity contribution in [1.82, 2.24) is 5.32 Å². The van der Waals surface area contributed by atoms with Crippen molar-refractivity contribution in [2.24, 2.45) is 52.3 Å². The van der Waals surface area contributed by atoms with Gasteiger partial charge in [-0.3, -0.25) is 0 Å². The average Bonchev–Trinajstić information content (AvgIpc) is 3.30. The quantitative estimate of drug-likeness (QED) is 0.294. The predicted molar refractivity (Wildman–Crippen MR) is 157 cm³/mol. The highest BCUT2D eigenvalue weighted by molar-refractivity contribution is 5.87. The van der Waals surface area contributed by atoms with Gasteiger partial charge in [-0.15, -0.1) is 0 Å². The highest BCUT2D eigenvalue weighted by Gasteiger charge is 2.64. The first-order chi connectivity index (χ1) is 19.5. The van der Waals surface area contributed by atoms with Gasteiger partial charge in [-0.1, -0.05) is 46.2 Å². The number of benzene rings is 1. The fourth-order valence-corrected chi connectivity index (χ4v) is 10.5. The molecule has 0 radical (unpaired) electrons. The molecule has 0 unspecified atom stereocenters. The van der Waals surface area contributed by atoms with E-state index in [0.717, 1.165) is 37.7 Å². The zero-order valence-electron chi connectivity index (χ0n) is 25.4. The molecule has 4 fully saturated rings. The van der Waals surface area contributed by atoms with Crippen molar-refractivity contribution in [3.8, 4) is 0 Å². The third-order valence-electron chi connectivity index (χ3n) is 12.6. The Balaban J connectivity index is 1.17. The summed E-state index contributed by atoms with van der Waals surface area (Å²) in [6.45, 7) is 10.2. The highest BCUT2D eigenvalue weighted by atomic mass is 16.5. The molecule has 0 spiro atoms. The summed E-state index contributed by atoms with van der Waals surface area (Å²) in [4.78, 5) is 23.3. The molecule has 4 N–H and O–H groups in total. The lowest BCUT2D eigenvalue weighted by atomic mass is 9.41.